The van der Waals surface area contributed by atoms with E-state index in [0.717, 1.165) is 38.7 Å². The Labute approximate surface area is 132 Å². The van der Waals surface area contributed by atoms with E-state index in [9.17, 15) is 0 Å². The molecule has 0 bridgehead atoms. The van der Waals surface area contributed by atoms with Gasteiger partial charge in [-0.25, -0.2) is 9.97 Å². The molecule has 0 saturated carbocycles. The number of hydrogen-bond acceptors (Lipinski definition) is 3. The van der Waals surface area contributed by atoms with Gasteiger partial charge < -0.3 is 4.42 Å². The Morgan fingerprint density at radius 2 is 1.48 bits per heavy atom. The summed E-state index contributed by atoms with van der Waals surface area (Å²) in [6.45, 7) is 0. The number of furan rings is 1. The van der Waals surface area contributed by atoms with Gasteiger partial charge in [0.1, 0.15) is 23.1 Å². The van der Waals surface area contributed by atoms with Gasteiger partial charge in [-0.2, -0.15) is 0 Å². The number of hydrogen-bond donors (Lipinski definition) is 0. The first-order chi connectivity index (χ1) is 11.4. The van der Waals surface area contributed by atoms with Crippen molar-refractivity contribution in [3.05, 3.63) is 73.1 Å². The van der Waals surface area contributed by atoms with E-state index in [1.165, 1.54) is 5.39 Å². The molecule has 0 N–H and O–H groups in total. The first kappa shape index (κ1) is 12.4. The summed E-state index contributed by atoms with van der Waals surface area (Å²) < 4.78 is 6.12. The summed E-state index contributed by atoms with van der Waals surface area (Å²) >= 11 is 0. The molecule has 3 nitrogen and oxygen atoms in total. The van der Waals surface area contributed by atoms with Crippen molar-refractivity contribution in [3.63, 3.8) is 0 Å². The maximum absolute atomic E-state index is 6.12. The summed E-state index contributed by atoms with van der Waals surface area (Å²) in [4.78, 5) is 8.89. The second-order valence-corrected chi connectivity index (χ2v) is 5.56. The van der Waals surface area contributed by atoms with Crippen LogP contribution in [0, 0.1) is 0 Å². The molecule has 0 aliphatic heterocycles. The molecule has 2 aromatic heterocycles. The zero-order valence-corrected chi connectivity index (χ0v) is 12.2. The topological polar surface area (TPSA) is 38.9 Å². The predicted molar refractivity (Wildman–Crippen MR) is 92.3 cm³/mol. The lowest BCUT2D eigenvalue weighted by Crippen LogP contribution is -1.85. The van der Waals surface area contributed by atoms with Crippen LogP contribution < -0.4 is 0 Å². The van der Waals surface area contributed by atoms with Crippen LogP contribution >= 0.6 is 0 Å². The van der Waals surface area contributed by atoms with E-state index in [4.69, 9.17) is 4.42 Å². The van der Waals surface area contributed by atoms with Gasteiger partial charge in [0.25, 0.3) is 0 Å². The van der Waals surface area contributed by atoms with E-state index in [0.29, 0.717) is 0 Å². The predicted octanol–water partition coefficient (Wildman–Crippen LogP) is 5.20. The van der Waals surface area contributed by atoms with Crippen LogP contribution in [0.2, 0.25) is 0 Å². The summed E-state index contributed by atoms with van der Waals surface area (Å²) in [5.41, 5.74) is 4.30. The summed E-state index contributed by atoms with van der Waals surface area (Å²) in [6, 6.07) is 22.5. The molecular weight excluding hydrogens is 284 g/mol. The van der Waals surface area contributed by atoms with Crippen molar-refractivity contribution in [2.45, 2.75) is 0 Å². The second kappa shape index (κ2) is 4.65. The monoisotopic (exact) mass is 296 g/mol. The minimum absolute atomic E-state index is 0.740. The first-order valence-corrected chi connectivity index (χ1v) is 7.51. The van der Waals surface area contributed by atoms with Crippen molar-refractivity contribution in [3.8, 4) is 11.3 Å². The third kappa shape index (κ3) is 1.83. The minimum atomic E-state index is 0.740. The Balaban J connectivity index is 1.91. The van der Waals surface area contributed by atoms with Gasteiger partial charge in [-0.05, 0) is 22.9 Å². The normalized spacial score (nSPS) is 11.5. The van der Waals surface area contributed by atoms with Crippen LogP contribution in [0.5, 0.6) is 0 Å². The van der Waals surface area contributed by atoms with Crippen molar-refractivity contribution in [2.75, 3.05) is 0 Å². The Kier molecular flexibility index (Phi) is 2.50. The van der Waals surface area contributed by atoms with Gasteiger partial charge in [0.2, 0.25) is 0 Å². The first-order valence-electron chi connectivity index (χ1n) is 7.51. The van der Waals surface area contributed by atoms with Crippen LogP contribution in [-0.4, -0.2) is 9.97 Å². The number of nitrogens with zero attached hydrogens (tertiary/aromatic N) is 2. The van der Waals surface area contributed by atoms with Crippen molar-refractivity contribution < 1.29 is 4.42 Å². The summed E-state index contributed by atoms with van der Waals surface area (Å²) in [7, 11) is 0. The Hall–Kier alpha value is -3.20. The Morgan fingerprint density at radius 3 is 2.30 bits per heavy atom. The highest BCUT2D eigenvalue weighted by Gasteiger charge is 2.14. The molecule has 0 radical (unpaired) electrons. The van der Waals surface area contributed by atoms with E-state index in [1.54, 1.807) is 6.33 Å². The van der Waals surface area contributed by atoms with Gasteiger partial charge in [0, 0.05) is 10.9 Å². The van der Waals surface area contributed by atoms with E-state index < -0.39 is 0 Å². The van der Waals surface area contributed by atoms with Crippen LogP contribution in [-0.2, 0) is 0 Å². The van der Waals surface area contributed by atoms with Gasteiger partial charge in [0.05, 0.1) is 0 Å². The number of fused-ring (bicyclic) bond motifs is 4. The lowest BCUT2D eigenvalue weighted by molar-refractivity contribution is 0.667. The van der Waals surface area contributed by atoms with Crippen molar-refractivity contribution in [1.29, 1.82) is 0 Å². The highest BCUT2D eigenvalue weighted by molar-refractivity contribution is 6.10. The maximum Gasteiger partial charge on any atom is 0.180 e. The van der Waals surface area contributed by atoms with Crippen molar-refractivity contribution in [2.24, 2.45) is 0 Å². The quantitative estimate of drug-likeness (QED) is 0.427. The molecule has 23 heavy (non-hydrogen) atoms. The molecule has 0 aliphatic carbocycles. The smallest absolute Gasteiger partial charge is 0.180 e. The van der Waals surface area contributed by atoms with E-state index >= 15 is 0 Å². The lowest BCUT2D eigenvalue weighted by Gasteiger charge is -1.99. The molecule has 108 valence electrons. The maximum atomic E-state index is 6.12. The molecule has 0 spiro atoms. The molecule has 5 aromatic rings. The Bertz CT molecular complexity index is 1160. The number of benzene rings is 3. The van der Waals surface area contributed by atoms with Crippen LogP contribution in [0.4, 0.5) is 0 Å². The van der Waals surface area contributed by atoms with Crippen molar-refractivity contribution in [1.82, 2.24) is 9.97 Å². The fourth-order valence-corrected chi connectivity index (χ4v) is 3.06. The third-order valence-corrected chi connectivity index (χ3v) is 4.17. The van der Waals surface area contributed by atoms with Crippen molar-refractivity contribution >= 4 is 32.8 Å². The van der Waals surface area contributed by atoms with Crippen LogP contribution in [0.25, 0.3) is 44.1 Å². The number of rotatable bonds is 1. The van der Waals surface area contributed by atoms with Crippen LogP contribution in [0.3, 0.4) is 0 Å². The van der Waals surface area contributed by atoms with Gasteiger partial charge in [-0.15, -0.1) is 0 Å². The molecule has 0 fully saturated rings. The molecule has 0 unspecified atom stereocenters. The zero-order chi connectivity index (χ0) is 15.2. The minimum Gasteiger partial charge on any atom is -0.452 e. The molecule has 3 heteroatoms. The highest BCUT2D eigenvalue weighted by atomic mass is 16.3. The van der Waals surface area contributed by atoms with E-state index in [2.05, 4.69) is 34.2 Å². The average Bonchev–Trinajstić information content (AvgIpc) is 2.98. The van der Waals surface area contributed by atoms with Gasteiger partial charge in [0.15, 0.2) is 5.58 Å². The number of aromatic nitrogens is 2. The second-order valence-electron chi connectivity index (χ2n) is 5.56. The third-order valence-electron chi connectivity index (χ3n) is 4.17. The highest BCUT2D eigenvalue weighted by Crippen LogP contribution is 2.34. The fourth-order valence-electron chi connectivity index (χ4n) is 3.06. The average molecular weight is 296 g/mol. The summed E-state index contributed by atoms with van der Waals surface area (Å²) in [5.74, 6) is 0. The van der Waals surface area contributed by atoms with Gasteiger partial charge >= 0.3 is 0 Å². The molecule has 5 rings (SSSR count). The Morgan fingerprint density at radius 1 is 0.739 bits per heavy atom. The molecular formula is C20H12N2O. The standard InChI is InChI=1S/C20H12N2O/c1-2-6-13(7-3-1)18-20-19(22-12-21-18)16-10-14-8-4-5-9-15(14)11-17(16)23-20/h1-12H. The van der Waals surface area contributed by atoms with Crippen LogP contribution in [0.15, 0.2) is 77.5 Å². The molecule has 0 amide bonds. The molecule has 0 aliphatic rings. The summed E-state index contributed by atoms with van der Waals surface area (Å²) in [6.07, 6.45) is 1.61. The fraction of sp³-hybridized carbons (Fsp3) is 0. The van der Waals surface area contributed by atoms with E-state index in [1.807, 2.05) is 42.5 Å². The molecule has 0 atom stereocenters. The zero-order valence-electron chi connectivity index (χ0n) is 12.2. The van der Waals surface area contributed by atoms with Gasteiger partial charge in [-0.1, -0.05) is 54.6 Å². The SMILES string of the molecule is c1ccc(-c2ncnc3c2oc2cc4ccccc4cc23)cc1. The molecule has 0 saturated heterocycles. The lowest BCUT2D eigenvalue weighted by atomic mass is 10.1. The largest absolute Gasteiger partial charge is 0.452 e. The molecule has 2 heterocycles. The van der Waals surface area contributed by atoms with E-state index in [-0.39, 0.29) is 0 Å². The van der Waals surface area contributed by atoms with Crippen LogP contribution in [0.1, 0.15) is 0 Å². The van der Waals surface area contributed by atoms with Gasteiger partial charge in [-0.3, -0.25) is 0 Å². The molecule has 3 aromatic carbocycles. The summed E-state index contributed by atoms with van der Waals surface area (Å²) in [5, 5.41) is 3.37.